The van der Waals surface area contributed by atoms with E-state index >= 15 is 0 Å². The predicted molar refractivity (Wildman–Crippen MR) is 94.3 cm³/mol. The number of nitrogens with zero attached hydrogens (tertiary/aromatic N) is 1. The normalized spacial score (nSPS) is 16.8. The summed E-state index contributed by atoms with van der Waals surface area (Å²) < 4.78 is 23.9. The van der Waals surface area contributed by atoms with Crippen molar-refractivity contribution in [2.75, 3.05) is 33.0 Å². The van der Waals surface area contributed by atoms with Gasteiger partial charge in [0, 0.05) is 5.56 Å². The highest BCUT2D eigenvalue weighted by molar-refractivity contribution is 6.33. The largest absolute Gasteiger partial charge is 0.454 e. The third kappa shape index (κ3) is 3.48. The van der Waals surface area contributed by atoms with Crippen molar-refractivity contribution < 1.29 is 23.6 Å². The maximum absolute atomic E-state index is 13.2. The lowest BCUT2D eigenvalue weighted by atomic mass is 10.1. The summed E-state index contributed by atoms with van der Waals surface area (Å²) in [6, 6.07) is 9.90. The molecule has 0 saturated carbocycles. The van der Waals surface area contributed by atoms with Gasteiger partial charge in [-0.25, -0.2) is 4.39 Å². The molecule has 4 rings (SSSR count). The van der Waals surface area contributed by atoms with E-state index in [2.05, 4.69) is 6.07 Å². The first-order valence-corrected chi connectivity index (χ1v) is 8.94. The fraction of sp³-hybridized carbons (Fsp3) is 0.316. The van der Waals surface area contributed by atoms with Gasteiger partial charge >= 0.3 is 0 Å². The molecule has 1 saturated heterocycles. The molecule has 0 bridgehead atoms. The molecule has 26 heavy (non-hydrogen) atoms. The molecule has 7 heteroatoms. The number of fused-ring (bicyclic) bond motifs is 1. The SMILES string of the molecule is O=C(c1ccc(F)cc1Cl)N1CC[NH+](Cc2ccc3c(c2)OCO3)CC1. The third-order valence-electron chi connectivity index (χ3n) is 4.81. The van der Waals surface area contributed by atoms with Crippen molar-refractivity contribution in [3.05, 3.63) is 58.4 Å². The Morgan fingerprint density at radius 3 is 2.65 bits per heavy atom. The lowest BCUT2D eigenvalue weighted by Gasteiger charge is -2.32. The molecule has 0 spiro atoms. The van der Waals surface area contributed by atoms with Crippen molar-refractivity contribution in [3.63, 3.8) is 0 Å². The van der Waals surface area contributed by atoms with Gasteiger partial charge in [-0.2, -0.15) is 0 Å². The molecule has 136 valence electrons. The highest BCUT2D eigenvalue weighted by Gasteiger charge is 2.26. The summed E-state index contributed by atoms with van der Waals surface area (Å²) in [5, 5.41) is 0.158. The maximum Gasteiger partial charge on any atom is 0.255 e. The number of piperazine rings is 1. The van der Waals surface area contributed by atoms with Crippen LogP contribution in [0.1, 0.15) is 15.9 Å². The van der Waals surface area contributed by atoms with E-state index in [9.17, 15) is 9.18 Å². The van der Waals surface area contributed by atoms with Crippen molar-refractivity contribution >= 4 is 17.5 Å². The number of benzene rings is 2. The van der Waals surface area contributed by atoms with E-state index in [1.807, 2.05) is 12.1 Å². The second-order valence-corrected chi connectivity index (χ2v) is 6.94. The number of nitrogens with one attached hydrogen (secondary N) is 1. The molecule has 2 heterocycles. The monoisotopic (exact) mass is 377 g/mol. The van der Waals surface area contributed by atoms with E-state index in [0.29, 0.717) is 18.7 Å². The molecule has 2 aliphatic rings. The summed E-state index contributed by atoms with van der Waals surface area (Å²) in [6.45, 7) is 4.13. The number of rotatable bonds is 3. The molecule has 0 aliphatic carbocycles. The van der Waals surface area contributed by atoms with E-state index in [4.69, 9.17) is 21.1 Å². The minimum atomic E-state index is -0.440. The fourth-order valence-corrected chi connectivity index (χ4v) is 3.62. The van der Waals surface area contributed by atoms with E-state index in [0.717, 1.165) is 31.1 Å². The molecule has 2 aliphatic heterocycles. The average Bonchev–Trinajstić information content (AvgIpc) is 3.10. The van der Waals surface area contributed by atoms with Crippen LogP contribution >= 0.6 is 11.6 Å². The number of ether oxygens (including phenoxy) is 2. The van der Waals surface area contributed by atoms with Crippen molar-refractivity contribution in [1.82, 2.24) is 4.90 Å². The van der Waals surface area contributed by atoms with E-state index in [1.54, 1.807) is 4.90 Å². The van der Waals surface area contributed by atoms with Gasteiger partial charge in [0.25, 0.3) is 5.91 Å². The predicted octanol–water partition coefficient (Wildman–Crippen LogP) is 1.75. The van der Waals surface area contributed by atoms with Crippen molar-refractivity contribution in [2.45, 2.75) is 6.54 Å². The van der Waals surface area contributed by atoms with Crippen molar-refractivity contribution in [1.29, 1.82) is 0 Å². The number of quaternary nitrogens is 1. The lowest BCUT2D eigenvalue weighted by Crippen LogP contribution is -3.13. The Morgan fingerprint density at radius 1 is 1.12 bits per heavy atom. The molecule has 1 N–H and O–H groups in total. The Morgan fingerprint density at radius 2 is 1.88 bits per heavy atom. The lowest BCUT2D eigenvalue weighted by molar-refractivity contribution is -0.917. The van der Waals surface area contributed by atoms with Crippen LogP contribution in [0.5, 0.6) is 11.5 Å². The van der Waals surface area contributed by atoms with Crippen LogP contribution in [0.3, 0.4) is 0 Å². The van der Waals surface area contributed by atoms with Gasteiger partial charge in [0.1, 0.15) is 12.4 Å². The zero-order valence-corrected chi connectivity index (χ0v) is 14.9. The molecule has 2 aromatic carbocycles. The van der Waals surface area contributed by atoms with Crippen LogP contribution in [-0.2, 0) is 6.54 Å². The van der Waals surface area contributed by atoms with Crippen LogP contribution in [0.25, 0.3) is 0 Å². The highest BCUT2D eigenvalue weighted by Crippen LogP contribution is 2.32. The third-order valence-corrected chi connectivity index (χ3v) is 5.12. The topological polar surface area (TPSA) is 43.2 Å². The van der Waals surface area contributed by atoms with E-state index < -0.39 is 5.82 Å². The van der Waals surface area contributed by atoms with E-state index in [-0.39, 0.29) is 17.7 Å². The van der Waals surface area contributed by atoms with Gasteiger partial charge in [0.15, 0.2) is 11.5 Å². The van der Waals surface area contributed by atoms with Gasteiger partial charge in [-0.05, 0) is 36.4 Å². The van der Waals surface area contributed by atoms with E-state index in [1.165, 1.54) is 28.7 Å². The standard InChI is InChI=1S/C19H18ClFN2O3/c20-16-10-14(21)2-3-15(16)19(24)23-7-5-22(6-8-23)11-13-1-4-17-18(9-13)26-12-25-17/h1-4,9-10H,5-8,11-12H2/p+1. The van der Waals surface area contributed by atoms with Crippen molar-refractivity contribution in [3.8, 4) is 11.5 Å². The molecular formula is C19H19ClFN2O3+. The van der Waals surface area contributed by atoms with Crippen LogP contribution in [0, 0.1) is 5.82 Å². The summed E-state index contributed by atoms with van der Waals surface area (Å²) in [7, 11) is 0. The first-order chi connectivity index (χ1) is 12.6. The zero-order chi connectivity index (χ0) is 18.1. The number of halogens is 2. The quantitative estimate of drug-likeness (QED) is 0.886. The Hall–Kier alpha value is -2.31. The number of amides is 1. The Balaban J connectivity index is 1.36. The second-order valence-electron chi connectivity index (χ2n) is 6.53. The summed E-state index contributed by atoms with van der Waals surface area (Å²) >= 11 is 6.01. The molecule has 0 atom stereocenters. The average molecular weight is 378 g/mol. The molecule has 5 nitrogen and oxygen atoms in total. The van der Waals surface area contributed by atoms with Crippen LogP contribution in [0.4, 0.5) is 4.39 Å². The van der Waals surface area contributed by atoms with Gasteiger partial charge in [0.2, 0.25) is 6.79 Å². The van der Waals surface area contributed by atoms with Gasteiger partial charge in [-0.15, -0.1) is 0 Å². The minimum absolute atomic E-state index is 0.142. The summed E-state index contributed by atoms with van der Waals surface area (Å²) in [5.74, 6) is 0.999. The first kappa shape index (κ1) is 17.1. The van der Waals surface area contributed by atoms with Crippen LogP contribution < -0.4 is 14.4 Å². The fourth-order valence-electron chi connectivity index (χ4n) is 3.38. The Labute approximate surface area is 155 Å². The molecule has 0 radical (unpaired) electrons. The molecule has 1 fully saturated rings. The smallest absolute Gasteiger partial charge is 0.255 e. The van der Waals surface area contributed by atoms with Crippen LogP contribution in [0.15, 0.2) is 36.4 Å². The summed E-state index contributed by atoms with van der Waals surface area (Å²) in [4.78, 5) is 15.8. The summed E-state index contributed by atoms with van der Waals surface area (Å²) in [6.07, 6.45) is 0. The zero-order valence-electron chi connectivity index (χ0n) is 14.1. The van der Waals surface area contributed by atoms with Crippen LogP contribution in [0.2, 0.25) is 5.02 Å². The summed E-state index contributed by atoms with van der Waals surface area (Å²) in [5.41, 5.74) is 1.54. The van der Waals surface area contributed by atoms with Gasteiger partial charge < -0.3 is 19.3 Å². The molecule has 1 amide bonds. The Bertz CT molecular complexity index is 838. The number of carbonyl (C=O) groups excluding carboxylic acids is 1. The van der Waals surface area contributed by atoms with Gasteiger partial charge in [0.05, 0.1) is 36.8 Å². The number of carbonyl (C=O) groups is 1. The first-order valence-electron chi connectivity index (χ1n) is 8.56. The van der Waals surface area contributed by atoms with Gasteiger partial charge in [-0.3, -0.25) is 4.79 Å². The maximum atomic E-state index is 13.2. The molecule has 0 unspecified atom stereocenters. The number of hydrogen-bond acceptors (Lipinski definition) is 3. The van der Waals surface area contributed by atoms with Crippen molar-refractivity contribution in [2.24, 2.45) is 0 Å². The van der Waals surface area contributed by atoms with Crippen LogP contribution in [-0.4, -0.2) is 43.8 Å². The molecule has 2 aromatic rings. The van der Waals surface area contributed by atoms with Gasteiger partial charge in [-0.1, -0.05) is 11.6 Å². The molecule has 0 aromatic heterocycles. The second kappa shape index (κ2) is 7.13. The minimum Gasteiger partial charge on any atom is -0.454 e. The molecular weight excluding hydrogens is 359 g/mol. The Kier molecular flexibility index (Phi) is 4.70. The number of hydrogen-bond donors (Lipinski definition) is 1. The highest BCUT2D eigenvalue weighted by atomic mass is 35.5.